The predicted octanol–water partition coefficient (Wildman–Crippen LogP) is 3.90. The van der Waals surface area contributed by atoms with Crippen LogP contribution in [0.2, 0.25) is 5.02 Å². The molecule has 0 spiro atoms. The number of benzene rings is 1. The van der Waals surface area contributed by atoms with Gasteiger partial charge in [0.1, 0.15) is 0 Å². The molecule has 0 saturated heterocycles. The average Bonchev–Trinajstić information content (AvgIpc) is 2.82. The lowest BCUT2D eigenvalue weighted by atomic mass is 10.0. The highest BCUT2D eigenvalue weighted by molar-refractivity contribution is 7.14. The van der Waals surface area contributed by atoms with Gasteiger partial charge < -0.3 is 5.11 Å². The van der Waals surface area contributed by atoms with E-state index in [1.807, 2.05) is 29.6 Å². The number of aliphatic carboxylic acids is 1. The summed E-state index contributed by atoms with van der Waals surface area (Å²) >= 11 is 7.77. The molecule has 4 heteroatoms. The monoisotopic (exact) mass is 262 g/mol. The fraction of sp³-hybridized carbons (Fsp3) is 0. The molecule has 0 fully saturated rings. The van der Waals surface area contributed by atoms with Crippen LogP contribution in [0, 0.1) is 0 Å². The van der Waals surface area contributed by atoms with E-state index in [1.165, 1.54) is 6.08 Å². The summed E-state index contributed by atoms with van der Waals surface area (Å²) < 4.78 is 0. The second-order valence-corrected chi connectivity index (χ2v) is 5.05. The predicted molar refractivity (Wildman–Crippen MR) is 69.5 cm³/mol. The van der Waals surface area contributed by atoms with E-state index in [0.29, 0.717) is 5.02 Å². The molecule has 0 radical (unpaired) electrons. The van der Waals surface area contributed by atoms with E-state index < -0.39 is 5.97 Å². The van der Waals surface area contributed by atoms with E-state index in [-0.39, 0.29) is 0 Å². The van der Waals surface area contributed by atoms with Gasteiger partial charge in [-0.1, -0.05) is 23.7 Å². The Morgan fingerprint density at radius 2 is 2.12 bits per heavy atom. The Balaban J connectivity index is 2.37. The quantitative estimate of drug-likeness (QED) is 0.676. The normalized spacial score (nSPS) is 14.8. The van der Waals surface area contributed by atoms with Crippen LogP contribution in [0.5, 0.6) is 0 Å². The topological polar surface area (TPSA) is 37.3 Å². The molecule has 1 aromatic carbocycles. The average molecular weight is 263 g/mol. The van der Waals surface area contributed by atoms with Crippen LogP contribution in [-0.2, 0) is 4.79 Å². The first-order valence-corrected chi connectivity index (χ1v) is 6.26. The molecular formula is C13H7ClO2S. The number of hydrogen-bond donors (Lipinski definition) is 1. The molecule has 0 unspecified atom stereocenters. The first kappa shape index (κ1) is 10.6. The van der Waals surface area contributed by atoms with Crippen LogP contribution in [0.15, 0.2) is 35.7 Å². The summed E-state index contributed by atoms with van der Waals surface area (Å²) in [5.41, 5.74) is 3.56. The van der Waals surface area contributed by atoms with Crippen molar-refractivity contribution in [3.63, 3.8) is 0 Å². The van der Waals surface area contributed by atoms with Crippen molar-refractivity contribution in [3.8, 4) is 10.4 Å². The molecule has 17 heavy (non-hydrogen) atoms. The molecule has 2 aromatic rings. The Bertz CT molecular complexity index is 655. The van der Waals surface area contributed by atoms with Gasteiger partial charge in [-0.2, -0.15) is 0 Å². The van der Waals surface area contributed by atoms with Crippen LogP contribution in [0.1, 0.15) is 11.1 Å². The summed E-state index contributed by atoms with van der Waals surface area (Å²) in [6.07, 6.45) is 1.24. The van der Waals surface area contributed by atoms with Gasteiger partial charge in [0.05, 0.1) is 0 Å². The number of hydrogen-bond acceptors (Lipinski definition) is 2. The maximum absolute atomic E-state index is 10.9. The van der Waals surface area contributed by atoms with Gasteiger partial charge in [-0.3, -0.25) is 0 Å². The van der Waals surface area contributed by atoms with Gasteiger partial charge >= 0.3 is 5.97 Å². The number of carboxylic acids is 1. The summed E-state index contributed by atoms with van der Waals surface area (Å²) in [5.74, 6) is -0.940. The minimum atomic E-state index is -0.940. The molecule has 0 aliphatic heterocycles. The maximum atomic E-state index is 10.9. The Kier molecular flexibility index (Phi) is 2.31. The molecule has 0 saturated carbocycles. The minimum Gasteiger partial charge on any atom is -0.478 e. The van der Waals surface area contributed by atoms with Crippen molar-refractivity contribution < 1.29 is 9.90 Å². The van der Waals surface area contributed by atoms with Crippen molar-refractivity contribution >= 4 is 34.5 Å². The zero-order chi connectivity index (χ0) is 12.0. The summed E-state index contributed by atoms with van der Waals surface area (Å²) in [7, 11) is 0. The van der Waals surface area contributed by atoms with Crippen molar-refractivity contribution in [2.75, 3.05) is 0 Å². The van der Waals surface area contributed by atoms with Gasteiger partial charge in [0.2, 0.25) is 0 Å². The van der Waals surface area contributed by atoms with Crippen molar-refractivity contribution in [1.29, 1.82) is 0 Å². The van der Waals surface area contributed by atoms with Gasteiger partial charge in [0.25, 0.3) is 0 Å². The lowest BCUT2D eigenvalue weighted by molar-refractivity contribution is -0.131. The molecule has 1 heterocycles. The molecule has 0 atom stereocenters. The molecule has 0 bridgehead atoms. The smallest absolute Gasteiger partial charge is 0.328 e. The third kappa shape index (κ3) is 1.51. The molecule has 1 aromatic heterocycles. The molecule has 1 aliphatic carbocycles. The number of rotatable bonds is 1. The van der Waals surface area contributed by atoms with E-state index in [4.69, 9.17) is 16.7 Å². The van der Waals surface area contributed by atoms with Crippen LogP contribution >= 0.6 is 22.9 Å². The first-order valence-electron chi connectivity index (χ1n) is 5.00. The molecule has 0 amide bonds. The van der Waals surface area contributed by atoms with E-state index >= 15 is 0 Å². The van der Waals surface area contributed by atoms with Gasteiger partial charge in [0, 0.05) is 27.1 Å². The highest BCUT2D eigenvalue weighted by atomic mass is 35.5. The lowest BCUT2D eigenvalue weighted by Crippen LogP contribution is -1.91. The van der Waals surface area contributed by atoms with E-state index in [0.717, 1.165) is 27.1 Å². The highest BCUT2D eigenvalue weighted by Gasteiger charge is 2.26. The molecule has 1 aliphatic rings. The summed E-state index contributed by atoms with van der Waals surface area (Å²) in [4.78, 5) is 11.9. The number of thiophene rings is 1. The molecule has 84 valence electrons. The minimum absolute atomic E-state index is 0.667. The summed E-state index contributed by atoms with van der Waals surface area (Å²) in [6, 6.07) is 7.51. The fourth-order valence-corrected chi connectivity index (χ4v) is 3.43. The van der Waals surface area contributed by atoms with Crippen molar-refractivity contribution in [2.45, 2.75) is 0 Å². The van der Waals surface area contributed by atoms with E-state index in [2.05, 4.69) is 0 Å². The Labute approximate surface area is 107 Å². The molecule has 1 N–H and O–H groups in total. The lowest BCUT2D eigenvalue weighted by Gasteiger charge is -2.02. The fourth-order valence-electron chi connectivity index (χ4n) is 2.12. The number of fused-ring (bicyclic) bond motifs is 3. The van der Waals surface area contributed by atoms with E-state index in [1.54, 1.807) is 11.3 Å². The van der Waals surface area contributed by atoms with Crippen LogP contribution in [0.3, 0.4) is 0 Å². The van der Waals surface area contributed by atoms with Gasteiger partial charge in [-0.25, -0.2) is 4.79 Å². The standard InChI is InChI=1S/C13H7ClO2S/c14-10-3-1-2-7-9(6-11(15)16)8-4-5-17-13(8)12(7)10/h1-6H,(H,15,16)/b9-6+. The first-order chi connectivity index (χ1) is 8.18. The van der Waals surface area contributed by atoms with Crippen molar-refractivity contribution in [2.24, 2.45) is 0 Å². The van der Waals surface area contributed by atoms with Gasteiger partial charge in [-0.15, -0.1) is 11.3 Å². The molecule has 2 nitrogen and oxygen atoms in total. The third-order valence-corrected chi connectivity index (χ3v) is 4.00. The van der Waals surface area contributed by atoms with Gasteiger partial charge in [0.15, 0.2) is 0 Å². The summed E-state index contributed by atoms with van der Waals surface area (Å²) in [6.45, 7) is 0. The van der Waals surface area contributed by atoms with Crippen molar-refractivity contribution in [1.82, 2.24) is 0 Å². The third-order valence-electron chi connectivity index (χ3n) is 2.75. The van der Waals surface area contributed by atoms with Crippen LogP contribution < -0.4 is 0 Å². The van der Waals surface area contributed by atoms with Crippen molar-refractivity contribution in [3.05, 3.63) is 51.9 Å². The second kappa shape index (κ2) is 3.72. The SMILES string of the molecule is O=C(O)/C=C1/c2ccsc2-c2c(Cl)cccc21. The number of carboxylic acid groups (broad SMARTS) is 1. The maximum Gasteiger partial charge on any atom is 0.328 e. The van der Waals surface area contributed by atoms with Crippen LogP contribution in [0.25, 0.3) is 16.0 Å². The summed E-state index contributed by atoms with van der Waals surface area (Å²) in [5, 5.41) is 11.5. The Morgan fingerprint density at radius 1 is 1.29 bits per heavy atom. The largest absolute Gasteiger partial charge is 0.478 e. The zero-order valence-corrected chi connectivity index (χ0v) is 10.2. The Hall–Kier alpha value is -1.58. The molecular weight excluding hydrogens is 256 g/mol. The van der Waals surface area contributed by atoms with Crippen LogP contribution in [0.4, 0.5) is 0 Å². The molecule has 3 rings (SSSR count). The zero-order valence-electron chi connectivity index (χ0n) is 8.61. The number of halogens is 1. The number of carbonyl (C=O) groups is 1. The highest BCUT2D eigenvalue weighted by Crippen LogP contribution is 2.49. The van der Waals surface area contributed by atoms with Crippen LogP contribution in [-0.4, -0.2) is 11.1 Å². The van der Waals surface area contributed by atoms with E-state index in [9.17, 15) is 4.79 Å². The second-order valence-electron chi connectivity index (χ2n) is 3.72. The Morgan fingerprint density at radius 3 is 2.88 bits per heavy atom. The van der Waals surface area contributed by atoms with Gasteiger partial charge in [-0.05, 0) is 28.6 Å².